The lowest BCUT2D eigenvalue weighted by atomic mass is 9.69. The smallest absolute Gasteiger partial charge is 0.310 e. The summed E-state index contributed by atoms with van der Waals surface area (Å²) in [6.07, 6.45) is 4.90. The Hall–Kier alpha value is -1.51. The van der Waals surface area contributed by atoms with Crippen molar-refractivity contribution in [2.45, 2.75) is 32.1 Å². The fourth-order valence-corrected chi connectivity index (χ4v) is 4.14. The summed E-state index contributed by atoms with van der Waals surface area (Å²) < 4.78 is 5.23. The lowest BCUT2D eigenvalue weighted by molar-refractivity contribution is -0.152. The molecule has 2 aliphatic carbocycles. The number of carboxylic acid groups (broad SMARTS) is 1. The fourth-order valence-electron chi connectivity index (χ4n) is 4.14. The van der Waals surface area contributed by atoms with E-state index in [-0.39, 0.29) is 0 Å². The van der Waals surface area contributed by atoms with E-state index in [1.165, 1.54) is 6.42 Å². The van der Waals surface area contributed by atoms with Crippen molar-refractivity contribution < 1.29 is 14.6 Å². The molecular weight excluding hydrogens is 240 g/mol. The van der Waals surface area contributed by atoms with E-state index in [4.69, 9.17) is 4.74 Å². The number of rotatable bonds is 4. The summed E-state index contributed by atoms with van der Waals surface area (Å²) in [6.45, 7) is 0. The molecule has 0 spiro atoms. The van der Waals surface area contributed by atoms with E-state index in [2.05, 4.69) is 0 Å². The second-order valence-electron chi connectivity index (χ2n) is 6.07. The van der Waals surface area contributed by atoms with E-state index in [0.717, 1.165) is 30.6 Å². The minimum absolute atomic E-state index is 0.362. The molecule has 0 amide bonds. The summed E-state index contributed by atoms with van der Waals surface area (Å²) in [6, 6.07) is 7.82. The van der Waals surface area contributed by atoms with E-state index < -0.39 is 11.4 Å². The van der Waals surface area contributed by atoms with Gasteiger partial charge >= 0.3 is 5.97 Å². The summed E-state index contributed by atoms with van der Waals surface area (Å²) in [4.78, 5) is 11.8. The maximum Gasteiger partial charge on any atom is 0.310 e. The third-order valence-electron chi connectivity index (χ3n) is 5.06. The molecule has 19 heavy (non-hydrogen) atoms. The first kappa shape index (κ1) is 12.5. The number of aliphatic carboxylic acids is 1. The lowest BCUT2D eigenvalue weighted by Gasteiger charge is -2.33. The zero-order chi connectivity index (χ0) is 13.5. The third-order valence-corrected chi connectivity index (χ3v) is 5.06. The number of fused-ring (bicyclic) bond motifs is 2. The van der Waals surface area contributed by atoms with Crippen LogP contribution in [0.1, 0.15) is 31.2 Å². The summed E-state index contributed by atoms with van der Waals surface area (Å²) in [5, 5.41) is 9.74. The number of methoxy groups -OCH3 is 1. The topological polar surface area (TPSA) is 46.5 Å². The molecule has 2 aliphatic rings. The van der Waals surface area contributed by atoms with Gasteiger partial charge in [0.2, 0.25) is 0 Å². The average Bonchev–Trinajstić information content (AvgIpc) is 3.00. The minimum Gasteiger partial charge on any atom is -0.497 e. The SMILES string of the molecule is COc1cccc(C[C@@]2(C(=O)O)C[C@@H]3CC[C@@H]2C3)c1. The zero-order valence-electron chi connectivity index (χ0n) is 11.3. The van der Waals surface area contributed by atoms with Gasteiger partial charge in [-0.05, 0) is 55.2 Å². The second kappa shape index (κ2) is 4.55. The van der Waals surface area contributed by atoms with Crippen molar-refractivity contribution in [3.63, 3.8) is 0 Å². The van der Waals surface area contributed by atoms with Crippen LogP contribution in [0.25, 0.3) is 0 Å². The maximum atomic E-state index is 11.8. The van der Waals surface area contributed by atoms with Crippen molar-refractivity contribution >= 4 is 5.97 Å². The number of benzene rings is 1. The van der Waals surface area contributed by atoms with Gasteiger partial charge in [-0.2, -0.15) is 0 Å². The standard InChI is InChI=1S/C16H20O3/c1-19-14-4-2-3-11(8-14)9-16(15(17)18)10-12-5-6-13(16)7-12/h2-4,8,12-13H,5-7,9-10H2,1H3,(H,17,18)/t12-,13-,16-/m1/s1. The van der Waals surface area contributed by atoms with Gasteiger partial charge in [-0.15, -0.1) is 0 Å². The zero-order valence-corrected chi connectivity index (χ0v) is 11.3. The van der Waals surface area contributed by atoms with Crippen molar-refractivity contribution in [2.24, 2.45) is 17.3 Å². The largest absolute Gasteiger partial charge is 0.497 e. The van der Waals surface area contributed by atoms with Gasteiger partial charge in [0.05, 0.1) is 12.5 Å². The van der Waals surface area contributed by atoms with Crippen LogP contribution >= 0.6 is 0 Å². The van der Waals surface area contributed by atoms with Crippen molar-refractivity contribution in [1.29, 1.82) is 0 Å². The second-order valence-corrected chi connectivity index (χ2v) is 6.07. The first-order chi connectivity index (χ1) is 9.14. The average molecular weight is 260 g/mol. The maximum absolute atomic E-state index is 11.8. The molecule has 0 heterocycles. The Balaban J connectivity index is 1.88. The highest BCUT2D eigenvalue weighted by Gasteiger charge is 2.55. The molecule has 0 saturated heterocycles. The van der Waals surface area contributed by atoms with Gasteiger partial charge in [0.25, 0.3) is 0 Å². The van der Waals surface area contributed by atoms with Gasteiger partial charge in [-0.1, -0.05) is 18.6 Å². The number of carbonyl (C=O) groups is 1. The van der Waals surface area contributed by atoms with Crippen molar-refractivity contribution in [3.05, 3.63) is 29.8 Å². The molecule has 2 fully saturated rings. The van der Waals surface area contributed by atoms with Gasteiger partial charge in [0.1, 0.15) is 5.75 Å². The lowest BCUT2D eigenvalue weighted by Crippen LogP contribution is -2.38. The van der Waals surface area contributed by atoms with E-state index >= 15 is 0 Å². The molecule has 0 radical (unpaired) electrons. The third kappa shape index (κ3) is 2.01. The van der Waals surface area contributed by atoms with Gasteiger partial charge < -0.3 is 9.84 Å². The van der Waals surface area contributed by atoms with Crippen LogP contribution in [0.4, 0.5) is 0 Å². The Morgan fingerprint density at radius 2 is 2.32 bits per heavy atom. The Kier molecular flexibility index (Phi) is 3.00. The number of carboxylic acids is 1. The highest BCUT2D eigenvalue weighted by molar-refractivity contribution is 5.76. The van der Waals surface area contributed by atoms with Crippen molar-refractivity contribution in [2.75, 3.05) is 7.11 Å². The van der Waals surface area contributed by atoms with Crippen LogP contribution in [-0.2, 0) is 11.2 Å². The Morgan fingerprint density at radius 3 is 2.89 bits per heavy atom. The highest BCUT2D eigenvalue weighted by atomic mass is 16.5. The molecule has 3 rings (SSSR count). The molecular formula is C16H20O3. The van der Waals surface area contributed by atoms with E-state index in [1.54, 1.807) is 7.11 Å². The highest BCUT2D eigenvalue weighted by Crippen LogP contribution is 2.57. The van der Waals surface area contributed by atoms with Crippen LogP contribution in [0.2, 0.25) is 0 Å². The molecule has 3 nitrogen and oxygen atoms in total. The summed E-state index contributed by atoms with van der Waals surface area (Å²) in [7, 11) is 1.64. The van der Waals surface area contributed by atoms with Gasteiger partial charge in [-0.25, -0.2) is 0 Å². The van der Waals surface area contributed by atoms with Gasteiger partial charge in [-0.3, -0.25) is 4.79 Å². The molecule has 0 unspecified atom stereocenters. The Labute approximate surface area is 113 Å². The molecule has 0 aliphatic heterocycles. The molecule has 1 aromatic rings. The van der Waals surface area contributed by atoms with Gasteiger partial charge in [0.15, 0.2) is 0 Å². The van der Waals surface area contributed by atoms with Crippen LogP contribution in [-0.4, -0.2) is 18.2 Å². The number of ether oxygens (including phenoxy) is 1. The molecule has 1 N–H and O–H groups in total. The molecule has 0 aromatic heterocycles. The number of hydrogen-bond donors (Lipinski definition) is 1. The summed E-state index contributed by atoms with van der Waals surface area (Å²) in [5.74, 6) is 1.19. The van der Waals surface area contributed by atoms with Crippen LogP contribution in [0.5, 0.6) is 5.75 Å². The first-order valence-corrected chi connectivity index (χ1v) is 7.00. The number of hydrogen-bond acceptors (Lipinski definition) is 2. The normalized spacial score (nSPS) is 32.5. The predicted molar refractivity (Wildman–Crippen MR) is 72.2 cm³/mol. The van der Waals surface area contributed by atoms with E-state index in [1.807, 2.05) is 24.3 Å². The molecule has 1 aromatic carbocycles. The first-order valence-electron chi connectivity index (χ1n) is 7.00. The van der Waals surface area contributed by atoms with Crippen LogP contribution in [0.3, 0.4) is 0 Å². The van der Waals surface area contributed by atoms with Crippen molar-refractivity contribution in [3.8, 4) is 5.75 Å². The Morgan fingerprint density at radius 1 is 1.47 bits per heavy atom. The van der Waals surface area contributed by atoms with Gasteiger partial charge in [0, 0.05) is 0 Å². The molecule has 2 bridgehead atoms. The predicted octanol–water partition coefficient (Wildman–Crippen LogP) is 3.13. The minimum atomic E-state index is -0.609. The molecule has 2 saturated carbocycles. The summed E-state index contributed by atoms with van der Waals surface area (Å²) in [5.41, 5.74) is 0.546. The van der Waals surface area contributed by atoms with E-state index in [0.29, 0.717) is 18.3 Å². The molecule has 102 valence electrons. The van der Waals surface area contributed by atoms with Crippen molar-refractivity contribution in [1.82, 2.24) is 0 Å². The quantitative estimate of drug-likeness (QED) is 0.904. The van der Waals surface area contributed by atoms with Crippen LogP contribution in [0, 0.1) is 17.3 Å². The fraction of sp³-hybridized carbons (Fsp3) is 0.562. The monoisotopic (exact) mass is 260 g/mol. The van der Waals surface area contributed by atoms with E-state index in [9.17, 15) is 9.90 Å². The Bertz CT molecular complexity index is 497. The van der Waals surface area contributed by atoms with Crippen LogP contribution in [0.15, 0.2) is 24.3 Å². The molecule has 3 heteroatoms. The summed E-state index contributed by atoms with van der Waals surface area (Å²) >= 11 is 0. The van der Waals surface area contributed by atoms with Crippen LogP contribution < -0.4 is 4.74 Å². The molecule has 3 atom stereocenters.